The Bertz CT molecular complexity index is 584. The molecule has 0 fully saturated rings. The van der Waals surface area contributed by atoms with Gasteiger partial charge in [-0.05, 0) is 43.7 Å². The number of amides is 1. The van der Waals surface area contributed by atoms with Crippen LogP contribution in [0.1, 0.15) is 32.3 Å². The Labute approximate surface area is 126 Å². The topological polar surface area (TPSA) is 41.5 Å². The van der Waals surface area contributed by atoms with Gasteiger partial charge in [0.2, 0.25) is 5.91 Å². The van der Waals surface area contributed by atoms with Crippen LogP contribution in [-0.4, -0.2) is 11.6 Å². The van der Waals surface area contributed by atoms with Gasteiger partial charge >= 0.3 is 0 Å². The molecule has 21 heavy (non-hydrogen) atoms. The molecule has 1 aliphatic rings. The van der Waals surface area contributed by atoms with E-state index in [9.17, 15) is 4.79 Å². The molecule has 0 radical (unpaired) electrons. The zero-order valence-corrected chi connectivity index (χ0v) is 12.7. The van der Waals surface area contributed by atoms with E-state index in [4.69, 9.17) is 0 Å². The minimum absolute atomic E-state index is 0.0843. The predicted molar refractivity (Wildman–Crippen MR) is 87.0 cm³/mol. The highest BCUT2D eigenvalue weighted by molar-refractivity contribution is 6.01. The van der Waals surface area contributed by atoms with Gasteiger partial charge in [-0.25, -0.2) is 5.43 Å². The first-order valence-electron chi connectivity index (χ1n) is 7.28. The first kappa shape index (κ1) is 15.2. The number of nitrogens with one attached hydrogen (secondary N) is 1. The van der Waals surface area contributed by atoms with Crippen LogP contribution < -0.4 is 5.43 Å². The van der Waals surface area contributed by atoms with Crippen LogP contribution in [0.4, 0.5) is 0 Å². The van der Waals surface area contributed by atoms with Gasteiger partial charge in [0, 0.05) is 0 Å². The lowest BCUT2D eigenvalue weighted by atomic mass is 9.85. The number of allylic oxidation sites excluding steroid dienone is 3. The van der Waals surface area contributed by atoms with E-state index in [1.165, 1.54) is 5.57 Å². The zero-order chi connectivity index (χ0) is 15.2. The van der Waals surface area contributed by atoms with Gasteiger partial charge in [-0.2, -0.15) is 5.10 Å². The summed E-state index contributed by atoms with van der Waals surface area (Å²) in [5, 5.41) is 4.30. The van der Waals surface area contributed by atoms with Crippen LogP contribution in [0.15, 0.2) is 59.2 Å². The normalized spacial score (nSPS) is 20.0. The summed E-state index contributed by atoms with van der Waals surface area (Å²) in [5.41, 5.74) is 6.93. The molecular formula is C18H22N2O. The molecule has 1 aromatic rings. The molecule has 0 heterocycles. The fourth-order valence-electron chi connectivity index (χ4n) is 2.37. The average molecular weight is 282 g/mol. The third kappa shape index (κ3) is 4.42. The van der Waals surface area contributed by atoms with Crippen molar-refractivity contribution >= 4 is 11.6 Å². The number of rotatable bonds is 4. The van der Waals surface area contributed by atoms with Crippen LogP contribution in [0.25, 0.3) is 0 Å². The number of hydrogen-bond donors (Lipinski definition) is 1. The minimum atomic E-state index is -0.0843. The summed E-state index contributed by atoms with van der Waals surface area (Å²) < 4.78 is 0. The van der Waals surface area contributed by atoms with E-state index in [1.54, 1.807) is 0 Å². The van der Waals surface area contributed by atoms with Crippen LogP contribution in [0.2, 0.25) is 0 Å². The number of nitrogens with zero attached hydrogens (tertiary/aromatic N) is 1. The maximum absolute atomic E-state index is 11.9. The fraction of sp³-hybridized carbons (Fsp3) is 0.333. The summed E-state index contributed by atoms with van der Waals surface area (Å²) >= 11 is 0. The molecule has 1 atom stereocenters. The molecule has 0 bridgehead atoms. The second-order valence-corrected chi connectivity index (χ2v) is 5.63. The average Bonchev–Trinajstić information content (AvgIpc) is 2.47. The number of hydrazone groups is 1. The lowest BCUT2D eigenvalue weighted by Crippen LogP contribution is -2.24. The van der Waals surface area contributed by atoms with E-state index in [1.807, 2.05) is 44.2 Å². The monoisotopic (exact) mass is 282 g/mol. The number of carbonyl (C=O) groups is 1. The molecule has 0 saturated heterocycles. The first-order chi connectivity index (χ1) is 10.1. The van der Waals surface area contributed by atoms with Gasteiger partial charge < -0.3 is 0 Å². The van der Waals surface area contributed by atoms with Crippen molar-refractivity contribution in [2.45, 2.75) is 33.1 Å². The molecule has 0 aromatic heterocycles. The molecule has 1 aromatic carbocycles. The van der Waals surface area contributed by atoms with Gasteiger partial charge in [-0.1, -0.05) is 48.6 Å². The Morgan fingerprint density at radius 1 is 1.38 bits per heavy atom. The lowest BCUT2D eigenvalue weighted by Gasteiger charge is -2.22. The molecule has 0 aliphatic heterocycles. The van der Waals surface area contributed by atoms with Crippen LogP contribution in [0.5, 0.6) is 0 Å². The second kappa shape index (κ2) is 7.02. The van der Waals surface area contributed by atoms with Gasteiger partial charge in [-0.15, -0.1) is 0 Å². The van der Waals surface area contributed by atoms with E-state index in [0.717, 1.165) is 29.7 Å². The highest BCUT2D eigenvalue weighted by Gasteiger charge is 2.18. The summed E-state index contributed by atoms with van der Waals surface area (Å²) in [6, 6.07) is 9.68. The molecule has 3 heteroatoms. The summed E-state index contributed by atoms with van der Waals surface area (Å²) in [4.78, 5) is 11.9. The van der Waals surface area contributed by atoms with Crippen molar-refractivity contribution in [3.8, 4) is 0 Å². The largest absolute Gasteiger partial charge is 0.273 e. The summed E-state index contributed by atoms with van der Waals surface area (Å²) in [7, 11) is 0. The Morgan fingerprint density at radius 2 is 2.10 bits per heavy atom. The van der Waals surface area contributed by atoms with Crippen molar-refractivity contribution < 1.29 is 4.79 Å². The van der Waals surface area contributed by atoms with Crippen molar-refractivity contribution in [3.05, 3.63) is 59.7 Å². The highest BCUT2D eigenvalue weighted by Crippen LogP contribution is 2.26. The number of benzene rings is 1. The lowest BCUT2D eigenvalue weighted by molar-refractivity contribution is -0.120. The van der Waals surface area contributed by atoms with Gasteiger partial charge in [0.25, 0.3) is 0 Å². The number of carbonyl (C=O) groups excluding carboxylic acids is 1. The zero-order valence-electron chi connectivity index (χ0n) is 12.7. The van der Waals surface area contributed by atoms with Crippen LogP contribution in [-0.2, 0) is 11.2 Å². The Kier molecular flexibility index (Phi) is 5.09. The van der Waals surface area contributed by atoms with E-state index >= 15 is 0 Å². The van der Waals surface area contributed by atoms with Crippen LogP contribution >= 0.6 is 0 Å². The Hall–Kier alpha value is -2.16. The van der Waals surface area contributed by atoms with Gasteiger partial charge in [0.05, 0.1) is 12.1 Å². The molecule has 0 unspecified atom stereocenters. The maximum atomic E-state index is 11.9. The van der Waals surface area contributed by atoms with Gasteiger partial charge in [-0.3, -0.25) is 4.79 Å². The Morgan fingerprint density at radius 3 is 2.76 bits per heavy atom. The van der Waals surface area contributed by atoms with Crippen molar-refractivity contribution in [1.29, 1.82) is 0 Å². The van der Waals surface area contributed by atoms with Crippen LogP contribution in [0, 0.1) is 5.92 Å². The van der Waals surface area contributed by atoms with E-state index < -0.39 is 0 Å². The number of hydrogen-bond acceptors (Lipinski definition) is 2. The van der Waals surface area contributed by atoms with Gasteiger partial charge in [0.1, 0.15) is 0 Å². The standard InChI is InChI=1S/C18H22N2O/c1-13(2)16-10-9-14(3)17(12-16)19-20-18(21)11-15-7-5-4-6-8-15/h4-9,16H,1,10-12H2,2-3H3,(H,20,21)/b19-17+/t16-/m0/s1. The highest BCUT2D eigenvalue weighted by atomic mass is 16.2. The van der Waals surface area contributed by atoms with E-state index in [2.05, 4.69) is 23.2 Å². The van der Waals surface area contributed by atoms with Gasteiger partial charge in [0.15, 0.2) is 0 Å². The van der Waals surface area contributed by atoms with Crippen molar-refractivity contribution in [2.24, 2.45) is 11.0 Å². The SMILES string of the molecule is C=C(C)[C@H]1CC=C(C)/C(=N/NC(=O)Cc2ccccc2)C1. The Balaban J connectivity index is 1.96. The van der Waals surface area contributed by atoms with Crippen molar-refractivity contribution in [1.82, 2.24) is 5.43 Å². The molecular weight excluding hydrogens is 260 g/mol. The van der Waals surface area contributed by atoms with Crippen molar-refractivity contribution in [3.63, 3.8) is 0 Å². The maximum Gasteiger partial charge on any atom is 0.244 e. The predicted octanol–water partition coefficient (Wildman–Crippen LogP) is 3.63. The molecule has 3 nitrogen and oxygen atoms in total. The minimum Gasteiger partial charge on any atom is -0.273 e. The summed E-state index contributed by atoms with van der Waals surface area (Å²) in [5.74, 6) is 0.345. The van der Waals surface area contributed by atoms with E-state index in [0.29, 0.717) is 12.3 Å². The van der Waals surface area contributed by atoms with E-state index in [-0.39, 0.29) is 5.91 Å². The molecule has 0 spiro atoms. The fourth-order valence-corrected chi connectivity index (χ4v) is 2.37. The molecule has 110 valence electrons. The third-order valence-electron chi connectivity index (χ3n) is 3.82. The summed E-state index contributed by atoms with van der Waals surface area (Å²) in [6.07, 6.45) is 4.39. The molecule has 1 aliphatic carbocycles. The smallest absolute Gasteiger partial charge is 0.244 e. The molecule has 2 rings (SSSR count). The molecule has 1 amide bonds. The quantitative estimate of drug-likeness (QED) is 0.665. The molecule has 0 saturated carbocycles. The first-order valence-corrected chi connectivity index (χ1v) is 7.28. The summed E-state index contributed by atoms with van der Waals surface area (Å²) in [6.45, 7) is 8.10. The third-order valence-corrected chi connectivity index (χ3v) is 3.82. The van der Waals surface area contributed by atoms with Crippen LogP contribution in [0.3, 0.4) is 0 Å². The second-order valence-electron chi connectivity index (χ2n) is 5.63. The molecule has 1 N–H and O–H groups in total. The van der Waals surface area contributed by atoms with Crippen molar-refractivity contribution in [2.75, 3.05) is 0 Å².